The second-order valence-electron chi connectivity index (χ2n) is 4.28. The van der Waals surface area contributed by atoms with E-state index in [1.165, 1.54) is 4.52 Å². The number of nitrogens with zero attached hydrogens (tertiary/aromatic N) is 4. The predicted octanol–water partition coefficient (Wildman–Crippen LogP) is 1.43. The van der Waals surface area contributed by atoms with Gasteiger partial charge in [-0.15, -0.1) is 0 Å². The van der Waals surface area contributed by atoms with E-state index < -0.39 is 0 Å². The molecule has 0 fully saturated rings. The molecule has 6 heteroatoms. The van der Waals surface area contributed by atoms with Gasteiger partial charge in [0, 0.05) is 24.0 Å². The molecule has 3 aromatic heterocycles. The summed E-state index contributed by atoms with van der Waals surface area (Å²) in [5.41, 5.74) is 1.51. The van der Waals surface area contributed by atoms with Crippen molar-refractivity contribution >= 4 is 5.78 Å². The highest BCUT2D eigenvalue weighted by Crippen LogP contribution is 2.13. The molecule has 0 saturated carbocycles. The van der Waals surface area contributed by atoms with Crippen LogP contribution in [0.4, 0.5) is 0 Å². The third kappa shape index (κ3) is 2.12. The van der Waals surface area contributed by atoms with E-state index in [1.807, 2.05) is 12.1 Å². The first-order valence-corrected chi connectivity index (χ1v) is 6.17. The van der Waals surface area contributed by atoms with Crippen molar-refractivity contribution in [2.45, 2.75) is 19.8 Å². The number of rotatable bonds is 3. The zero-order valence-corrected chi connectivity index (χ0v) is 10.5. The van der Waals surface area contributed by atoms with E-state index in [-0.39, 0.29) is 5.56 Å². The molecule has 3 aromatic rings. The van der Waals surface area contributed by atoms with Crippen molar-refractivity contribution in [3.05, 3.63) is 46.6 Å². The fraction of sp³-hybridized carbons (Fsp3) is 0.231. The van der Waals surface area contributed by atoms with Crippen LogP contribution in [0.1, 0.15) is 19.0 Å². The highest BCUT2D eigenvalue weighted by atomic mass is 16.1. The molecule has 0 radical (unpaired) electrons. The van der Waals surface area contributed by atoms with Gasteiger partial charge in [-0.2, -0.15) is 9.50 Å². The van der Waals surface area contributed by atoms with Gasteiger partial charge in [0.15, 0.2) is 5.82 Å². The highest BCUT2D eigenvalue weighted by molar-refractivity contribution is 5.55. The standard InChI is InChI=1S/C13H13N5O/c1-2-3-10-8-11(19)18-13(15-10)16-12(17-18)9-4-6-14-7-5-9/h4-8H,2-3H2,1H3,(H,15,16,17). The van der Waals surface area contributed by atoms with Gasteiger partial charge in [0.1, 0.15) is 0 Å². The molecule has 96 valence electrons. The second kappa shape index (κ2) is 4.64. The molecule has 0 amide bonds. The second-order valence-corrected chi connectivity index (χ2v) is 4.28. The molecule has 6 nitrogen and oxygen atoms in total. The zero-order valence-electron chi connectivity index (χ0n) is 10.5. The Hall–Kier alpha value is -2.50. The minimum atomic E-state index is -0.138. The van der Waals surface area contributed by atoms with Crippen molar-refractivity contribution in [3.63, 3.8) is 0 Å². The first-order chi connectivity index (χ1) is 9.28. The number of aromatic nitrogens is 5. The fourth-order valence-electron chi connectivity index (χ4n) is 1.95. The van der Waals surface area contributed by atoms with E-state index in [1.54, 1.807) is 18.5 Å². The summed E-state index contributed by atoms with van der Waals surface area (Å²) in [6.07, 6.45) is 5.09. The Labute approximate surface area is 109 Å². The van der Waals surface area contributed by atoms with Gasteiger partial charge < -0.3 is 0 Å². The van der Waals surface area contributed by atoms with Crippen molar-refractivity contribution in [2.75, 3.05) is 0 Å². The third-order valence-corrected chi connectivity index (χ3v) is 2.84. The number of fused-ring (bicyclic) bond motifs is 1. The quantitative estimate of drug-likeness (QED) is 0.768. The Morgan fingerprint density at radius 2 is 2.05 bits per heavy atom. The minimum Gasteiger partial charge on any atom is -0.271 e. The Bertz CT molecular complexity index is 760. The van der Waals surface area contributed by atoms with Gasteiger partial charge >= 0.3 is 0 Å². The summed E-state index contributed by atoms with van der Waals surface area (Å²) in [5.74, 6) is 1.02. The third-order valence-electron chi connectivity index (χ3n) is 2.84. The number of hydrogen-bond donors (Lipinski definition) is 1. The molecule has 1 N–H and O–H groups in total. The monoisotopic (exact) mass is 255 g/mol. The lowest BCUT2D eigenvalue weighted by Crippen LogP contribution is -2.15. The number of nitrogens with one attached hydrogen (secondary N) is 1. The van der Waals surface area contributed by atoms with Crippen molar-refractivity contribution in [1.82, 2.24) is 24.6 Å². The zero-order chi connectivity index (χ0) is 13.2. The Morgan fingerprint density at radius 3 is 2.79 bits per heavy atom. The van der Waals surface area contributed by atoms with Crippen LogP contribution in [0.5, 0.6) is 0 Å². The molecule has 3 rings (SSSR count). The first-order valence-electron chi connectivity index (χ1n) is 6.17. The van der Waals surface area contributed by atoms with Crippen LogP contribution in [0.3, 0.4) is 0 Å². The molecule has 0 aliphatic rings. The lowest BCUT2D eigenvalue weighted by atomic mass is 10.2. The lowest BCUT2D eigenvalue weighted by molar-refractivity contribution is 0.838. The molecule has 0 bridgehead atoms. The first kappa shape index (κ1) is 11.6. The summed E-state index contributed by atoms with van der Waals surface area (Å²) in [5, 5.41) is 2.95. The van der Waals surface area contributed by atoms with Crippen LogP contribution in [0.25, 0.3) is 17.2 Å². The van der Waals surface area contributed by atoms with Crippen LogP contribution in [-0.2, 0) is 6.42 Å². The number of H-pyrrole nitrogens is 1. The normalized spacial score (nSPS) is 11.0. The van der Waals surface area contributed by atoms with Gasteiger partial charge in [-0.3, -0.25) is 14.9 Å². The topological polar surface area (TPSA) is 75.9 Å². The molecule has 3 heterocycles. The number of pyridine rings is 1. The molecule has 0 unspecified atom stereocenters. The van der Waals surface area contributed by atoms with E-state index in [0.717, 1.165) is 24.1 Å². The maximum absolute atomic E-state index is 12.0. The van der Waals surface area contributed by atoms with Crippen LogP contribution < -0.4 is 5.56 Å². The van der Waals surface area contributed by atoms with E-state index in [4.69, 9.17) is 0 Å². The molecule has 0 saturated heterocycles. The van der Waals surface area contributed by atoms with Crippen LogP contribution in [0.2, 0.25) is 0 Å². The summed E-state index contributed by atoms with van der Waals surface area (Å²) in [6.45, 7) is 2.05. The Balaban J connectivity index is 2.16. The van der Waals surface area contributed by atoms with Crippen molar-refractivity contribution < 1.29 is 0 Å². The Kier molecular flexibility index (Phi) is 2.83. The van der Waals surface area contributed by atoms with Crippen LogP contribution in [0.15, 0.2) is 35.4 Å². The maximum Gasteiger partial charge on any atom is 0.274 e. The molecule has 19 heavy (non-hydrogen) atoms. The summed E-state index contributed by atoms with van der Waals surface area (Å²) >= 11 is 0. The summed E-state index contributed by atoms with van der Waals surface area (Å²) in [7, 11) is 0. The molecular weight excluding hydrogens is 242 g/mol. The molecule has 0 aliphatic heterocycles. The molecular formula is C13H13N5O. The van der Waals surface area contributed by atoms with Crippen molar-refractivity contribution in [1.29, 1.82) is 0 Å². The van der Waals surface area contributed by atoms with Gasteiger partial charge in [-0.1, -0.05) is 13.3 Å². The van der Waals surface area contributed by atoms with Gasteiger partial charge in [0.05, 0.1) is 5.69 Å². The van der Waals surface area contributed by atoms with Gasteiger partial charge in [0.2, 0.25) is 0 Å². The Morgan fingerprint density at radius 1 is 1.26 bits per heavy atom. The summed E-state index contributed by atoms with van der Waals surface area (Å²) < 4.78 is 1.36. The molecule has 0 atom stereocenters. The van der Waals surface area contributed by atoms with Gasteiger partial charge in [-0.05, 0) is 18.6 Å². The van der Waals surface area contributed by atoms with E-state index in [9.17, 15) is 4.79 Å². The lowest BCUT2D eigenvalue weighted by Gasteiger charge is -1.96. The number of aryl methyl sites for hydroxylation is 1. The summed E-state index contributed by atoms with van der Waals surface area (Å²) in [4.78, 5) is 24.6. The van der Waals surface area contributed by atoms with E-state index >= 15 is 0 Å². The average molecular weight is 255 g/mol. The maximum atomic E-state index is 12.0. The molecule has 0 aliphatic carbocycles. The number of hydrogen-bond acceptors (Lipinski definition) is 4. The minimum absolute atomic E-state index is 0.138. The summed E-state index contributed by atoms with van der Waals surface area (Å²) in [6, 6.07) is 5.20. The SMILES string of the molecule is CCCc1cc(=O)n2[nH]c(-c3ccncc3)nc2n1. The largest absolute Gasteiger partial charge is 0.274 e. The molecule has 0 spiro atoms. The average Bonchev–Trinajstić information content (AvgIpc) is 2.85. The van der Waals surface area contributed by atoms with Crippen LogP contribution in [-0.4, -0.2) is 24.6 Å². The van der Waals surface area contributed by atoms with Crippen molar-refractivity contribution in [2.24, 2.45) is 0 Å². The van der Waals surface area contributed by atoms with Crippen molar-refractivity contribution in [3.8, 4) is 11.4 Å². The number of aromatic amines is 1. The fourth-order valence-corrected chi connectivity index (χ4v) is 1.95. The smallest absolute Gasteiger partial charge is 0.271 e. The van der Waals surface area contributed by atoms with E-state index in [2.05, 4.69) is 27.0 Å². The van der Waals surface area contributed by atoms with E-state index in [0.29, 0.717) is 11.6 Å². The van der Waals surface area contributed by atoms with Crippen LogP contribution >= 0.6 is 0 Å². The van der Waals surface area contributed by atoms with Gasteiger partial charge in [-0.25, -0.2) is 4.98 Å². The highest BCUT2D eigenvalue weighted by Gasteiger charge is 2.08. The van der Waals surface area contributed by atoms with Crippen LogP contribution in [0, 0.1) is 0 Å². The predicted molar refractivity (Wildman–Crippen MR) is 70.8 cm³/mol. The molecule has 0 aromatic carbocycles. The van der Waals surface area contributed by atoms with Gasteiger partial charge in [0.25, 0.3) is 11.3 Å².